The van der Waals surface area contributed by atoms with E-state index in [0.29, 0.717) is 52.5 Å². The number of aromatic nitrogens is 1. The van der Waals surface area contributed by atoms with Crippen LogP contribution in [0, 0.1) is 5.92 Å². The molecule has 8 nitrogen and oxygen atoms in total. The molecule has 33 heavy (non-hydrogen) atoms. The molecular formula is C25H28N2O6. The smallest absolute Gasteiger partial charge is 0.258 e. The number of methoxy groups -OCH3 is 2. The summed E-state index contributed by atoms with van der Waals surface area (Å²) in [7, 11) is 3.03. The minimum Gasteiger partial charge on any atom is -0.493 e. The number of ether oxygens (including phenoxy) is 4. The van der Waals surface area contributed by atoms with E-state index in [2.05, 4.69) is 5.32 Å². The number of amides is 1. The van der Waals surface area contributed by atoms with Crippen LogP contribution in [-0.4, -0.2) is 43.9 Å². The van der Waals surface area contributed by atoms with Crippen molar-refractivity contribution in [2.24, 2.45) is 5.92 Å². The number of hydrogen-bond acceptors (Lipinski definition) is 6. The van der Waals surface area contributed by atoms with E-state index in [1.54, 1.807) is 22.9 Å². The summed E-state index contributed by atoms with van der Waals surface area (Å²) in [5.74, 6) is 2.13. The molecule has 2 heterocycles. The molecule has 0 unspecified atom stereocenters. The van der Waals surface area contributed by atoms with Gasteiger partial charge >= 0.3 is 0 Å². The van der Waals surface area contributed by atoms with Gasteiger partial charge in [-0.15, -0.1) is 0 Å². The van der Waals surface area contributed by atoms with Crippen LogP contribution in [0.5, 0.6) is 23.0 Å². The summed E-state index contributed by atoms with van der Waals surface area (Å²) in [5.41, 5.74) is 0.195. The Morgan fingerprint density at radius 2 is 1.79 bits per heavy atom. The van der Waals surface area contributed by atoms with Gasteiger partial charge in [-0.3, -0.25) is 9.59 Å². The number of rotatable bonds is 7. The van der Waals surface area contributed by atoms with E-state index in [-0.39, 0.29) is 30.0 Å². The lowest BCUT2D eigenvalue weighted by Crippen LogP contribution is -2.41. The molecule has 0 radical (unpaired) electrons. The summed E-state index contributed by atoms with van der Waals surface area (Å²) in [6.07, 6.45) is 1.28. The van der Waals surface area contributed by atoms with Crippen LogP contribution in [0.25, 0.3) is 10.8 Å². The number of nitrogens with zero attached hydrogens (tertiary/aromatic N) is 1. The molecule has 0 saturated heterocycles. The average Bonchev–Trinajstić information content (AvgIpc) is 2.83. The van der Waals surface area contributed by atoms with Gasteiger partial charge < -0.3 is 28.8 Å². The molecule has 174 valence electrons. The second kappa shape index (κ2) is 9.44. The number of carbonyl (C=O) groups is 1. The molecule has 0 aliphatic carbocycles. The number of para-hydroxylation sites is 2. The zero-order chi connectivity index (χ0) is 23.5. The number of fused-ring (bicyclic) bond motifs is 2. The quantitative estimate of drug-likeness (QED) is 0.592. The van der Waals surface area contributed by atoms with Crippen molar-refractivity contribution >= 4 is 16.7 Å². The average molecular weight is 453 g/mol. The van der Waals surface area contributed by atoms with Crippen LogP contribution in [0.4, 0.5) is 0 Å². The minimum absolute atomic E-state index is 0.183. The zero-order valence-corrected chi connectivity index (χ0v) is 19.2. The molecule has 0 saturated carbocycles. The van der Waals surface area contributed by atoms with Crippen molar-refractivity contribution < 1.29 is 23.7 Å². The van der Waals surface area contributed by atoms with Gasteiger partial charge in [0.15, 0.2) is 23.0 Å². The molecule has 3 aromatic rings. The molecule has 0 fully saturated rings. The Balaban J connectivity index is 1.65. The van der Waals surface area contributed by atoms with Crippen LogP contribution < -0.4 is 29.8 Å². The number of benzene rings is 2. The van der Waals surface area contributed by atoms with Gasteiger partial charge in [-0.2, -0.15) is 0 Å². The fourth-order valence-electron chi connectivity index (χ4n) is 3.89. The SMILES string of the molecule is COc1cc2c(C(=O)NC[C@H]3COc4ccccc4O3)cn(CC(C)C)c(=O)c2cc1OC. The summed E-state index contributed by atoms with van der Waals surface area (Å²) in [5, 5.41) is 3.82. The van der Waals surface area contributed by atoms with Crippen molar-refractivity contribution in [1.82, 2.24) is 9.88 Å². The highest BCUT2D eigenvalue weighted by atomic mass is 16.6. The first-order valence-corrected chi connectivity index (χ1v) is 10.9. The molecule has 2 aromatic carbocycles. The van der Waals surface area contributed by atoms with Crippen molar-refractivity contribution in [2.45, 2.75) is 26.5 Å². The van der Waals surface area contributed by atoms with E-state index in [1.807, 2.05) is 38.1 Å². The van der Waals surface area contributed by atoms with Crippen molar-refractivity contribution in [3.63, 3.8) is 0 Å². The normalized spacial score (nSPS) is 14.9. The summed E-state index contributed by atoms with van der Waals surface area (Å²) in [6.45, 7) is 5.10. The van der Waals surface area contributed by atoms with Crippen molar-refractivity contribution in [1.29, 1.82) is 0 Å². The lowest BCUT2D eigenvalue weighted by Gasteiger charge is -2.26. The second-order valence-corrected chi connectivity index (χ2v) is 8.35. The first-order valence-electron chi connectivity index (χ1n) is 10.9. The number of nitrogens with one attached hydrogen (secondary N) is 1. The lowest BCUT2D eigenvalue weighted by atomic mass is 10.0. The van der Waals surface area contributed by atoms with Gasteiger partial charge in [0, 0.05) is 18.1 Å². The van der Waals surface area contributed by atoms with Gasteiger partial charge in [0.05, 0.1) is 31.7 Å². The Kier molecular flexibility index (Phi) is 6.44. The Morgan fingerprint density at radius 1 is 1.12 bits per heavy atom. The van der Waals surface area contributed by atoms with Crippen LogP contribution in [-0.2, 0) is 6.54 Å². The van der Waals surface area contributed by atoms with Crippen molar-refractivity contribution in [2.75, 3.05) is 27.4 Å². The Labute approximate surface area is 192 Å². The molecule has 1 aromatic heterocycles. The first-order chi connectivity index (χ1) is 15.9. The van der Waals surface area contributed by atoms with E-state index in [0.717, 1.165) is 0 Å². The summed E-state index contributed by atoms with van der Waals surface area (Å²) < 4.78 is 24.0. The molecule has 1 aliphatic rings. The van der Waals surface area contributed by atoms with Crippen LogP contribution in [0.1, 0.15) is 24.2 Å². The van der Waals surface area contributed by atoms with Gasteiger partial charge in [-0.05, 0) is 30.2 Å². The molecular weight excluding hydrogens is 424 g/mol. The van der Waals surface area contributed by atoms with Gasteiger partial charge in [0.1, 0.15) is 12.7 Å². The summed E-state index contributed by atoms with van der Waals surface area (Å²) in [6, 6.07) is 10.7. The van der Waals surface area contributed by atoms with Crippen LogP contribution in [0.2, 0.25) is 0 Å². The third-order valence-corrected chi connectivity index (χ3v) is 5.45. The monoisotopic (exact) mass is 452 g/mol. The largest absolute Gasteiger partial charge is 0.493 e. The van der Waals surface area contributed by atoms with E-state index < -0.39 is 0 Å². The van der Waals surface area contributed by atoms with E-state index >= 15 is 0 Å². The number of carbonyl (C=O) groups excluding carboxylic acids is 1. The number of pyridine rings is 1. The molecule has 1 aliphatic heterocycles. The van der Waals surface area contributed by atoms with E-state index in [4.69, 9.17) is 18.9 Å². The predicted octanol–water partition coefficient (Wildman–Crippen LogP) is 3.24. The number of hydrogen-bond donors (Lipinski definition) is 1. The molecule has 1 amide bonds. The van der Waals surface area contributed by atoms with Crippen molar-refractivity contribution in [3.05, 3.63) is 58.5 Å². The molecule has 1 N–H and O–H groups in total. The third kappa shape index (κ3) is 4.60. The van der Waals surface area contributed by atoms with Gasteiger partial charge in [0.25, 0.3) is 11.5 Å². The van der Waals surface area contributed by atoms with Crippen molar-refractivity contribution in [3.8, 4) is 23.0 Å². The topological polar surface area (TPSA) is 88.0 Å². The minimum atomic E-state index is -0.327. The standard InChI is InChI=1S/C25H28N2O6/c1-15(2)12-27-13-19(17-9-22(30-3)23(31-4)10-18(17)25(27)29)24(28)26-11-16-14-32-20-7-5-6-8-21(20)33-16/h5-10,13,15-16H,11-12,14H2,1-4H3,(H,26,28)/t16-/m0/s1. The Bertz CT molecular complexity index is 1230. The predicted molar refractivity (Wildman–Crippen MR) is 125 cm³/mol. The highest BCUT2D eigenvalue weighted by Gasteiger charge is 2.23. The maximum Gasteiger partial charge on any atom is 0.258 e. The van der Waals surface area contributed by atoms with Gasteiger partial charge in [-0.25, -0.2) is 0 Å². The zero-order valence-electron chi connectivity index (χ0n) is 19.2. The maximum absolute atomic E-state index is 13.3. The maximum atomic E-state index is 13.3. The molecule has 4 rings (SSSR count). The van der Waals surface area contributed by atoms with E-state index in [9.17, 15) is 9.59 Å². The highest BCUT2D eigenvalue weighted by Crippen LogP contribution is 2.33. The van der Waals surface area contributed by atoms with Crippen LogP contribution in [0.15, 0.2) is 47.4 Å². The summed E-state index contributed by atoms with van der Waals surface area (Å²) in [4.78, 5) is 26.4. The molecule has 1 atom stereocenters. The Hall–Kier alpha value is -3.68. The first kappa shape index (κ1) is 22.5. The molecule has 0 bridgehead atoms. The van der Waals surface area contributed by atoms with Crippen LogP contribution in [0.3, 0.4) is 0 Å². The fourth-order valence-corrected chi connectivity index (χ4v) is 3.89. The fraction of sp³-hybridized carbons (Fsp3) is 0.360. The van der Waals surface area contributed by atoms with Gasteiger partial charge in [0.2, 0.25) is 0 Å². The van der Waals surface area contributed by atoms with E-state index in [1.165, 1.54) is 14.2 Å². The van der Waals surface area contributed by atoms with Crippen LogP contribution >= 0.6 is 0 Å². The lowest BCUT2D eigenvalue weighted by molar-refractivity contribution is 0.0789. The van der Waals surface area contributed by atoms with Gasteiger partial charge in [-0.1, -0.05) is 26.0 Å². The summed E-state index contributed by atoms with van der Waals surface area (Å²) >= 11 is 0. The molecule has 8 heteroatoms. The molecule has 0 spiro atoms. The third-order valence-electron chi connectivity index (χ3n) is 5.45. The highest BCUT2D eigenvalue weighted by molar-refractivity contribution is 6.07. The Morgan fingerprint density at radius 3 is 2.45 bits per heavy atom. The second-order valence-electron chi connectivity index (χ2n) is 8.35.